The molecule has 2 aromatic carbocycles. The molecule has 3 saturated heterocycles. The number of benzene rings is 2. The summed E-state index contributed by atoms with van der Waals surface area (Å²) in [6.07, 6.45) is -4.02. The zero-order valence-electron chi connectivity index (χ0n) is 46.9. The van der Waals surface area contributed by atoms with Gasteiger partial charge in [-0.05, 0) is 111 Å². The fourth-order valence-corrected chi connectivity index (χ4v) is 12.2. The molecule has 3 aliphatic heterocycles. The van der Waals surface area contributed by atoms with E-state index >= 15 is 0 Å². The highest BCUT2D eigenvalue weighted by Gasteiger charge is 2.53. The number of carbonyl (C=O) groups excluding carboxylic acids is 1. The number of ether oxygens (including phenoxy) is 6. The van der Waals surface area contributed by atoms with Gasteiger partial charge in [-0.25, -0.2) is 0 Å². The van der Waals surface area contributed by atoms with E-state index in [4.69, 9.17) is 28.4 Å². The van der Waals surface area contributed by atoms with E-state index in [0.29, 0.717) is 26.1 Å². The fraction of sp³-hybridized carbons (Fsp3) is 0.702. The van der Waals surface area contributed by atoms with Gasteiger partial charge in [0.25, 0.3) is 0 Å². The Kier molecular flexibility index (Phi) is 18.8. The maximum Gasteiger partial charge on any atom is 0.311 e. The normalized spacial score (nSPS) is 38.1. The summed E-state index contributed by atoms with van der Waals surface area (Å²) >= 11 is 0. The smallest absolute Gasteiger partial charge is 0.311 e. The lowest BCUT2D eigenvalue weighted by molar-refractivity contribution is -0.318. The van der Waals surface area contributed by atoms with E-state index in [9.17, 15) is 30.3 Å². The van der Waals surface area contributed by atoms with Gasteiger partial charge < -0.3 is 63.4 Å². The summed E-state index contributed by atoms with van der Waals surface area (Å²) in [4.78, 5) is 18.7. The standard InChI is InChI=1S/C57H88N6O12/c1-15-46-57(10,69)50(65)37(6)62(30-39-20-22-40(23-21-39)43-32-63(59-58-43)25-24-41-31-61(13)44-19-17-16-18-42(41)44)29-33(2)27-55(8,68)52(75-54-48(64)45(60(11)12)26-34(3)71-54)35(4)49(36(5)53(67)73-46)74-47-28-56(9,70-14)51(66)38(7)72-47/h16-23,31-38,45-52,54,64-66,68-69H,15,24-30H2,1-14H3/t33-,34-,35+,36-,37-,38+,45+,46-,47+,48-,49+,50-,51+,52-,54+,55-,56-,57-/m1/s1. The third-order valence-electron chi connectivity index (χ3n) is 16.8. The van der Waals surface area contributed by atoms with Crippen LogP contribution < -0.4 is 0 Å². The maximum absolute atomic E-state index is 14.7. The van der Waals surface area contributed by atoms with Crippen LogP contribution in [0.1, 0.15) is 106 Å². The number of nitrogens with zero attached hydrogens (tertiary/aromatic N) is 6. The number of aromatic nitrogens is 4. The van der Waals surface area contributed by atoms with Crippen LogP contribution in [-0.2, 0) is 59.8 Å². The first-order chi connectivity index (χ1) is 35.3. The molecule has 18 heteroatoms. The molecule has 0 bridgehead atoms. The zero-order valence-corrected chi connectivity index (χ0v) is 46.9. The Morgan fingerprint density at radius 2 is 1.59 bits per heavy atom. The van der Waals surface area contributed by atoms with Crippen molar-refractivity contribution in [3.05, 3.63) is 72.1 Å². The highest BCUT2D eigenvalue weighted by molar-refractivity contribution is 5.83. The van der Waals surface area contributed by atoms with Gasteiger partial charge in [-0.1, -0.05) is 68.4 Å². The second-order valence-electron chi connectivity index (χ2n) is 23.3. The predicted molar refractivity (Wildman–Crippen MR) is 284 cm³/mol. The lowest BCUT2D eigenvalue weighted by atomic mass is 9.77. The lowest BCUT2D eigenvalue weighted by Gasteiger charge is -2.48. The van der Waals surface area contributed by atoms with Crippen molar-refractivity contribution >= 4 is 16.9 Å². The summed E-state index contributed by atoms with van der Waals surface area (Å²) in [5.74, 6) is -2.85. The molecule has 418 valence electrons. The molecule has 4 aromatic rings. The molecule has 7 rings (SSSR count). The van der Waals surface area contributed by atoms with Gasteiger partial charge >= 0.3 is 5.97 Å². The summed E-state index contributed by atoms with van der Waals surface area (Å²) in [7, 11) is 7.35. The summed E-state index contributed by atoms with van der Waals surface area (Å²) in [6.45, 7) is 19.1. The topological polar surface area (TPSA) is 216 Å². The minimum absolute atomic E-state index is 0.106. The summed E-state index contributed by atoms with van der Waals surface area (Å²) in [5, 5.41) is 70.9. The average molecular weight is 1050 g/mol. The van der Waals surface area contributed by atoms with E-state index in [1.807, 2.05) is 87.9 Å². The first-order valence-electron chi connectivity index (χ1n) is 27.1. The van der Waals surface area contributed by atoms with Crippen LogP contribution in [0.4, 0.5) is 0 Å². The Morgan fingerprint density at radius 1 is 0.893 bits per heavy atom. The van der Waals surface area contributed by atoms with Crippen LogP contribution in [0.2, 0.25) is 0 Å². The first kappa shape index (κ1) is 58.8. The lowest BCUT2D eigenvalue weighted by Crippen LogP contribution is -2.60. The molecular formula is C57H88N6O12. The summed E-state index contributed by atoms with van der Waals surface area (Å²) in [6, 6.07) is 15.4. The number of fused-ring (bicyclic) bond motifs is 1. The predicted octanol–water partition coefficient (Wildman–Crippen LogP) is 5.46. The van der Waals surface area contributed by atoms with Crippen LogP contribution in [0.5, 0.6) is 0 Å². The Labute approximate surface area is 444 Å². The molecule has 5 N–H and O–H groups in total. The van der Waals surface area contributed by atoms with Crippen molar-refractivity contribution in [2.45, 2.75) is 205 Å². The minimum atomic E-state index is -1.92. The van der Waals surface area contributed by atoms with Crippen LogP contribution in [0.15, 0.2) is 60.9 Å². The van der Waals surface area contributed by atoms with Gasteiger partial charge in [0.15, 0.2) is 12.6 Å². The van der Waals surface area contributed by atoms with Crippen LogP contribution in [-0.4, -0.2) is 179 Å². The second kappa shape index (κ2) is 24.0. The van der Waals surface area contributed by atoms with Crippen LogP contribution in [0.25, 0.3) is 22.2 Å². The molecule has 18 nitrogen and oxygen atoms in total. The van der Waals surface area contributed by atoms with Crippen molar-refractivity contribution in [2.75, 3.05) is 27.7 Å². The number of aliphatic hydroxyl groups excluding tert-OH is 3. The zero-order chi connectivity index (χ0) is 54.9. The molecule has 2 aromatic heterocycles. The third-order valence-corrected chi connectivity index (χ3v) is 16.8. The Hall–Kier alpha value is -3.89. The Bertz CT molecular complexity index is 2480. The minimum Gasteiger partial charge on any atom is -0.459 e. The number of likely N-dealkylation sites (N-methyl/N-ethyl adjacent to an activating group) is 1. The molecule has 3 fully saturated rings. The number of methoxy groups -OCH3 is 1. The van der Waals surface area contributed by atoms with E-state index in [0.717, 1.165) is 23.2 Å². The SMILES string of the molecule is CC[C@H]1OC(=O)[C@H](C)[C@@H](O[C@H]2C[C@@](C)(OC)[C@@H](O)[C@H](C)O2)[C@H](C)[C@@H](O[C@@H]2O[C@H](C)C[C@H](N(C)C)[C@H]2O)[C@](C)(O)C[C@@H](C)CN(Cc2ccc(-c3cn(CCc4cn(C)c5ccccc45)nn3)cc2)[C@H](C)[C@@H](O)[C@]1(C)O. The van der Waals surface area contributed by atoms with Gasteiger partial charge in [-0.15, -0.1) is 5.10 Å². The molecule has 0 spiro atoms. The van der Waals surface area contributed by atoms with Gasteiger partial charge in [-0.3, -0.25) is 14.4 Å². The molecule has 75 heavy (non-hydrogen) atoms. The summed E-state index contributed by atoms with van der Waals surface area (Å²) in [5.41, 5.74) is 0.377. The number of hydrogen-bond donors (Lipinski definition) is 5. The number of carbonyl (C=O) groups is 1. The molecule has 0 unspecified atom stereocenters. The molecule has 0 saturated carbocycles. The Morgan fingerprint density at radius 3 is 2.25 bits per heavy atom. The van der Waals surface area contributed by atoms with Crippen LogP contribution in [0.3, 0.4) is 0 Å². The fourth-order valence-electron chi connectivity index (χ4n) is 12.2. The van der Waals surface area contributed by atoms with Gasteiger partial charge in [0.2, 0.25) is 0 Å². The summed E-state index contributed by atoms with van der Waals surface area (Å²) < 4.78 is 42.4. The van der Waals surface area contributed by atoms with E-state index < -0.39 is 96.0 Å². The average Bonchev–Trinajstić information content (AvgIpc) is 3.98. The second-order valence-corrected chi connectivity index (χ2v) is 23.3. The highest BCUT2D eigenvalue weighted by Crippen LogP contribution is 2.41. The number of rotatable bonds is 13. The van der Waals surface area contributed by atoms with Crippen molar-refractivity contribution in [1.29, 1.82) is 0 Å². The molecule has 0 radical (unpaired) electrons. The Balaban J connectivity index is 1.19. The third kappa shape index (κ3) is 13.0. The highest BCUT2D eigenvalue weighted by atomic mass is 16.7. The number of aryl methyl sites for hydroxylation is 3. The molecule has 5 heterocycles. The van der Waals surface area contributed by atoms with E-state index in [2.05, 4.69) is 51.2 Å². The molecule has 3 aliphatic rings. The molecule has 0 amide bonds. The quantitative estimate of drug-likeness (QED) is 0.105. The van der Waals surface area contributed by atoms with Crippen molar-refractivity contribution in [3.63, 3.8) is 0 Å². The van der Waals surface area contributed by atoms with Crippen molar-refractivity contribution in [1.82, 2.24) is 29.4 Å². The number of hydrogen-bond acceptors (Lipinski definition) is 16. The van der Waals surface area contributed by atoms with Crippen molar-refractivity contribution < 1.29 is 58.7 Å². The van der Waals surface area contributed by atoms with Crippen molar-refractivity contribution in [3.8, 4) is 11.3 Å². The molecular weight excluding hydrogens is 961 g/mol. The monoisotopic (exact) mass is 1050 g/mol. The number of esters is 1. The van der Waals surface area contributed by atoms with Gasteiger partial charge in [0, 0.05) is 80.9 Å². The van der Waals surface area contributed by atoms with Crippen LogP contribution >= 0.6 is 0 Å². The van der Waals surface area contributed by atoms with E-state index in [-0.39, 0.29) is 37.3 Å². The van der Waals surface area contributed by atoms with Gasteiger partial charge in [0.05, 0.1) is 47.7 Å². The first-order valence-corrected chi connectivity index (χ1v) is 27.1. The largest absolute Gasteiger partial charge is 0.459 e. The van der Waals surface area contributed by atoms with Crippen LogP contribution in [0, 0.1) is 17.8 Å². The van der Waals surface area contributed by atoms with E-state index in [1.54, 1.807) is 34.6 Å². The number of cyclic esters (lactones) is 1. The number of para-hydroxylation sites is 1. The van der Waals surface area contributed by atoms with Gasteiger partial charge in [0.1, 0.15) is 35.7 Å². The molecule has 18 atom stereocenters. The van der Waals surface area contributed by atoms with E-state index in [1.165, 1.54) is 30.5 Å². The van der Waals surface area contributed by atoms with Gasteiger partial charge in [-0.2, -0.15) is 0 Å². The number of aliphatic hydroxyl groups is 5. The van der Waals surface area contributed by atoms with Crippen molar-refractivity contribution in [2.24, 2.45) is 24.8 Å². The maximum atomic E-state index is 14.7. The molecule has 0 aliphatic carbocycles.